The Morgan fingerprint density at radius 3 is 2.32 bits per heavy atom. The highest BCUT2D eigenvalue weighted by molar-refractivity contribution is 5.95. The van der Waals surface area contributed by atoms with E-state index in [9.17, 15) is 0 Å². The molecule has 1 aromatic rings. The van der Waals surface area contributed by atoms with E-state index >= 15 is 0 Å². The van der Waals surface area contributed by atoms with Crippen molar-refractivity contribution >= 4 is 11.9 Å². The smallest absolute Gasteiger partial charge is 0.195 e. The SMILES string of the molecule is N=C(NCCc1ccccc1)NC(=N)NC1CCCCCC1. The lowest BCUT2D eigenvalue weighted by molar-refractivity contribution is 0.527. The lowest BCUT2D eigenvalue weighted by atomic mass is 10.1. The van der Waals surface area contributed by atoms with Gasteiger partial charge < -0.3 is 10.6 Å². The fourth-order valence-corrected chi connectivity index (χ4v) is 2.81. The number of hydrogen-bond acceptors (Lipinski definition) is 2. The third-order valence-corrected chi connectivity index (χ3v) is 4.01. The predicted octanol–water partition coefficient (Wildman–Crippen LogP) is 2.59. The van der Waals surface area contributed by atoms with Gasteiger partial charge in [0.05, 0.1) is 0 Å². The zero-order chi connectivity index (χ0) is 15.6. The second kappa shape index (κ2) is 9.07. The Labute approximate surface area is 132 Å². The van der Waals surface area contributed by atoms with Crippen molar-refractivity contribution in [3.05, 3.63) is 35.9 Å². The number of rotatable bonds is 4. The van der Waals surface area contributed by atoms with Crippen LogP contribution in [-0.4, -0.2) is 24.5 Å². The normalized spacial score (nSPS) is 15.6. The van der Waals surface area contributed by atoms with Gasteiger partial charge in [-0.1, -0.05) is 56.0 Å². The Kier molecular flexibility index (Phi) is 6.74. The molecular formula is C17H27N5. The fourth-order valence-electron chi connectivity index (χ4n) is 2.81. The zero-order valence-corrected chi connectivity index (χ0v) is 13.1. The van der Waals surface area contributed by atoms with Gasteiger partial charge in [0.25, 0.3) is 0 Å². The van der Waals surface area contributed by atoms with Crippen LogP contribution >= 0.6 is 0 Å². The van der Waals surface area contributed by atoms with Crippen molar-refractivity contribution in [2.45, 2.75) is 51.0 Å². The first-order chi connectivity index (χ1) is 10.7. The molecule has 22 heavy (non-hydrogen) atoms. The molecule has 0 radical (unpaired) electrons. The van der Waals surface area contributed by atoms with Gasteiger partial charge >= 0.3 is 0 Å². The maximum absolute atomic E-state index is 7.92. The van der Waals surface area contributed by atoms with Crippen molar-refractivity contribution in [2.75, 3.05) is 6.54 Å². The largest absolute Gasteiger partial charge is 0.356 e. The average molecular weight is 301 g/mol. The Morgan fingerprint density at radius 1 is 0.955 bits per heavy atom. The summed E-state index contributed by atoms with van der Waals surface area (Å²) in [6.07, 6.45) is 8.19. The minimum absolute atomic E-state index is 0.182. The van der Waals surface area contributed by atoms with Gasteiger partial charge in [-0.15, -0.1) is 0 Å². The quantitative estimate of drug-likeness (QED) is 0.337. The Hall–Kier alpha value is -2.04. The molecule has 1 aromatic carbocycles. The first kappa shape index (κ1) is 16.3. The molecule has 1 aliphatic rings. The molecule has 5 N–H and O–H groups in total. The molecule has 0 aliphatic heterocycles. The first-order valence-corrected chi connectivity index (χ1v) is 8.22. The molecule has 0 spiro atoms. The minimum atomic E-state index is 0.182. The highest BCUT2D eigenvalue weighted by Crippen LogP contribution is 2.16. The van der Waals surface area contributed by atoms with Crippen molar-refractivity contribution < 1.29 is 0 Å². The van der Waals surface area contributed by atoms with Crippen LogP contribution in [0, 0.1) is 10.8 Å². The highest BCUT2D eigenvalue weighted by Gasteiger charge is 2.13. The maximum atomic E-state index is 7.92. The molecule has 5 nitrogen and oxygen atoms in total. The van der Waals surface area contributed by atoms with Gasteiger partial charge in [-0.05, 0) is 24.8 Å². The van der Waals surface area contributed by atoms with Gasteiger partial charge in [0, 0.05) is 12.6 Å². The molecule has 1 saturated carbocycles. The van der Waals surface area contributed by atoms with Gasteiger partial charge in [0.2, 0.25) is 0 Å². The summed E-state index contributed by atoms with van der Waals surface area (Å²) in [6, 6.07) is 10.6. The van der Waals surface area contributed by atoms with Gasteiger partial charge in [0.15, 0.2) is 11.9 Å². The van der Waals surface area contributed by atoms with E-state index in [0.29, 0.717) is 12.6 Å². The Bertz CT molecular complexity index is 463. The van der Waals surface area contributed by atoms with Gasteiger partial charge in [-0.2, -0.15) is 0 Å². The summed E-state index contributed by atoms with van der Waals surface area (Å²) >= 11 is 0. The van der Waals surface area contributed by atoms with E-state index in [2.05, 4.69) is 28.1 Å². The second-order valence-corrected chi connectivity index (χ2v) is 5.87. The molecule has 0 saturated heterocycles. The lowest BCUT2D eigenvalue weighted by Crippen LogP contribution is -2.49. The summed E-state index contributed by atoms with van der Waals surface area (Å²) in [7, 11) is 0. The minimum Gasteiger partial charge on any atom is -0.356 e. The fraction of sp³-hybridized carbons (Fsp3) is 0.529. The number of benzene rings is 1. The average Bonchev–Trinajstić information content (AvgIpc) is 2.77. The second-order valence-electron chi connectivity index (χ2n) is 5.87. The molecule has 0 aromatic heterocycles. The lowest BCUT2D eigenvalue weighted by Gasteiger charge is -2.19. The van der Waals surface area contributed by atoms with Crippen LogP contribution in [0.2, 0.25) is 0 Å². The summed E-state index contributed by atoms with van der Waals surface area (Å²) in [5.74, 6) is 0.408. The monoisotopic (exact) mass is 301 g/mol. The first-order valence-electron chi connectivity index (χ1n) is 8.22. The molecule has 1 fully saturated rings. The standard InChI is InChI=1S/C17H27N5/c18-16(20-13-12-14-8-4-3-5-9-14)22-17(19)21-15-10-6-1-2-7-11-15/h3-5,8-9,15H,1-2,6-7,10-13H2,(H5,18,19,20,21,22). The summed E-state index contributed by atoms with van der Waals surface area (Å²) in [5, 5.41) is 24.7. The van der Waals surface area contributed by atoms with Gasteiger partial charge in [0.1, 0.15) is 0 Å². The van der Waals surface area contributed by atoms with Crippen LogP contribution in [0.4, 0.5) is 0 Å². The van der Waals surface area contributed by atoms with Crippen LogP contribution in [0.5, 0.6) is 0 Å². The molecule has 0 unspecified atom stereocenters. The van der Waals surface area contributed by atoms with E-state index in [-0.39, 0.29) is 11.9 Å². The molecule has 1 aliphatic carbocycles. The van der Waals surface area contributed by atoms with Crippen molar-refractivity contribution in [1.82, 2.24) is 16.0 Å². The van der Waals surface area contributed by atoms with Crippen LogP contribution in [0.15, 0.2) is 30.3 Å². The third kappa shape index (κ3) is 6.16. The highest BCUT2D eigenvalue weighted by atomic mass is 15.2. The molecular weight excluding hydrogens is 274 g/mol. The molecule has 0 heterocycles. The molecule has 0 bridgehead atoms. The topological polar surface area (TPSA) is 83.8 Å². The van der Waals surface area contributed by atoms with Crippen LogP contribution in [0.25, 0.3) is 0 Å². The summed E-state index contributed by atoms with van der Waals surface area (Å²) in [6.45, 7) is 0.687. The van der Waals surface area contributed by atoms with E-state index in [0.717, 1.165) is 19.3 Å². The van der Waals surface area contributed by atoms with E-state index in [4.69, 9.17) is 10.8 Å². The third-order valence-electron chi connectivity index (χ3n) is 4.01. The summed E-state index contributed by atoms with van der Waals surface area (Å²) in [4.78, 5) is 0. The Balaban J connectivity index is 1.62. The van der Waals surface area contributed by atoms with E-state index < -0.39 is 0 Å². The molecule has 120 valence electrons. The van der Waals surface area contributed by atoms with E-state index in [1.807, 2.05) is 18.2 Å². The van der Waals surface area contributed by atoms with Crippen LogP contribution < -0.4 is 16.0 Å². The number of hydrogen-bond donors (Lipinski definition) is 5. The van der Waals surface area contributed by atoms with Crippen molar-refractivity contribution in [2.24, 2.45) is 0 Å². The van der Waals surface area contributed by atoms with E-state index in [1.165, 1.54) is 31.2 Å². The number of guanidine groups is 2. The van der Waals surface area contributed by atoms with Crippen molar-refractivity contribution in [3.63, 3.8) is 0 Å². The Morgan fingerprint density at radius 2 is 1.64 bits per heavy atom. The molecule has 5 heteroatoms. The molecule has 0 atom stereocenters. The van der Waals surface area contributed by atoms with E-state index in [1.54, 1.807) is 0 Å². The van der Waals surface area contributed by atoms with Gasteiger partial charge in [-0.25, -0.2) is 0 Å². The van der Waals surface area contributed by atoms with Gasteiger partial charge in [-0.3, -0.25) is 16.1 Å². The molecule has 2 rings (SSSR count). The maximum Gasteiger partial charge on any atom is 0.195 e. The summed E-state index contributed by atoms with van der Waals surface area (Å²) < 4.78 is 0. The van der Waals surface area contributed by atoms with Crippen LogP contribution in [0.1, 0.15) is 44.1 Å². The van der Waals surface area contributed by atoms with Crippen LogP contribution in [0.3, 0.4) is 0 Å². The van der Waals surface area contributed by atoms with Crippen LogP contribution in [-0.2, 0) is 6.42 Å². The van der Waals surface area contributed by atoms with Crippen molar-refractivity contribution in [1.29, 1.82) is 10.8 Å². The molecule has 0 amide bonds. The number of nitrogens with one attached hydrogen (secondary N) is 5. The van der Waals surface area contributed by atoms with Crippen molar-refractivity contribution in [3.8, 4) is 0 Å². The zero-order valence-electron chi connectivity index (χ0n) is 13.1. The predicted molar refractivity (Wildman–Crippen MR) is 91.4 cm³/mol. The summed E-state index contributed by atoms with van der Waals surface area (Å²) in [5.41, 5.74) is 1.24.